The fourth-order valence-corrected chi connectivity index (χ4v) is 1.36. The Labute approximate surface area is 82.1 Å². The molecular weight excluding hydrogens is 176 g/mol. The second-order valence-corrected chi connectivity index (χ2v) is 3.03. The zero-order chi connectivity index (χ0) is 9.97. The summed E-state index contributed by atoms with van der Waals surface area (Å²) in [6.45, 7) is 6.23. The molecule has 0 amide bonds. The molecule has 14 heavy (non-hydrogen) atoms. The quantitative estimate of drug-likeness (QED) is 0.723. The Balaban J connectivity index is 2.49. The predicted molar refractivity (Wildman–Crippen MR) is 57.3 cm³/mol. The van der Waals surface area contributed by atoms with Crippen molar-refractivity contribution in [3.63, 3.8) is 0 Å². The molecule has 4 nitrogen and oxygen atoms in total. The van der Waals surface area contributed by atoms with Gasteiger partial charge in [-0.1, -0.05) is 6.08 Å². The number of hydrogen-bond acceptors (Lipinski definition) is 3. The smallest absolute Gasteiger partial charge is 0.154 e. The summed E-state index contributed by atoms with van der Waals surface area (Å²) in [5.74, 6) is 1.60. The monoisotopic (exact) mass is 188 g/mol. The van der Waals surface area contributed by atoms with Gasteiger partial charge in [-0.2, -0.15) is 0 Å². The van der Waals surface area contributed by atoms with Gasteiger partial charge in [-0.05, 0) is 13.0 Å². The SMILES string of the molecule is C=CCNc1nc(C)nc2cc[nH]c12. The Morgan fingerprint density at radius 2 is 2.43 bits per heavy atom. The van der Waals surface area contributed by atoms with Crippen molar-refractivity contribution in [1.82, 2.24) is 15.0 Å². The molecule has 0 aliphatic heterocycles. The van der Waals surface area contributed by atoms with Gasteiger partial charge in [-0.3, -0.25) is 0 Å². The third-order valence-corrected chi connectivity index (χ3v) is 1.93. The number of nitrogens with one attached hydrogen (secondary N) is 2. The molecule has 0 spiro atoms. The summed E-state index contributed by atoms with van der Waals surface area (Å²) in [6.07, 6.45) is 3.66. The highest BCUT2D eigenvalue weighted by atomic mass is 15.0. The minimum Gasteiger partial charge on any atom is -0.365 e. The number of H-pyrrole nitrogens is 1. The molecule has 0 fully saturated rings. The molecule has 0 atom stereocenters. The molecule has 72 valence electrons. The van der Waals surface area contributed by atoms with E-state index in [9.17, 15) is 0 Å². The standard InChI is InChI=1S/C10H12N4/c1-3-5-12-10-9-8(4-6-11-9)13-7(2)14-10/h3-4,6,11H,1,5H2,2H3,(H,12,13,14). The molecule has 0 aliphatic rings. The van der Waals surface area contributed by atoms with Crippen molar-refractivity contribution in [2.75, 3.05) is 11.9 Å². The maximum atomic E-state index is 4.31. The molecule has 2 N–H and O–H groups in total. The van der Waals surface area contributed by atoms with Crippen LogP contribution in [0.5, 0.6) is 0 Å². The molecule has 0 aromatic carbocycles. The third-order valence-electron chi connectivity index (χ3n) is 1.93. The van der Waals surface area contributed by atoms with E-state index in [2.05, 4.69) is 26.8 Å². The van der Waals surface area contributed by atoms with Crippen molar-refractivity contribution >= 4 is 16.9 Å². The Morgan fingerprint density at radius 3 is 3.21 bits per heavy atom. The Bertz CT molecular complexity index is 458. The maximum absolute atomic E-state index is 4.31. The average molecular weight is 188 g/mol. The van der Waals surface area contributed by atoms with Gasteiger partial charge in [-0.25, -0.2) is 9.97 Å². The van der Waals surface area contributed by atoms with Gasteiger partial charge in [0.1, 0.15) is 11.3 Å². The third kappa shape index (κ3) is 1.46. The van der Waals surface area contributed by atoms with Crippen LogP contribution in [0, 0.1) is 6.92 Å². The summed E-state index contributed by atoms with van der Waals surface area (Å²) in [5.41, 5.74) is 1.88. The number of aromatic amines is 1. The molecule has 0 radical (unpaired) electrons. The van der Waals surface area contributed by atoms with Gasteiger partial charge in [0.15, 0.2) is 5.82 Å². The number of aryl methyl sites for hydroxylation is 1. The van der Waals surface area contributed by atoms with Crippen LogP contribution in [0.2, 0.25) is 0 Å². The molecule has 0 unspecified atom stereocenters. The maximum Gasteiger partial charge on any atom is 0.154 e. The molecule has 2 aromatic heterocycles. The van der Waals surface area contributed by atoms with E-state index in [1.807, 2.05) is 19.2 Å². The molecule has 0 saturated carbocycles. The number of hydrogen-bond donors (Lipinski definition) is 2. The van der Waals surface area contributed by atoms with Crippen molar-refractivity contribution in [2.45, 2.75) is 6.92 Å². The van der Waals surface area contributed by atoms with E-state index in [0.29, 0.717) is 6.54 Å². The van der Waals surface area contributed by atoms with Gasteiger partial charge in [0, 0.05) is 12.7 Å². The first-order valence-corrected chi connectivity index (χ1v) is 4.48. The van der Waals surface area contributed by atoms with Crippen LogP contribution in [-0.4, -0.2) is 21.5 Å². The normalized spacial score (nSPS) is 10.4. The van der Waals surface area contributed by atoms with Crippen molar-refractivity contribution < 1.29 is 0 Å². The Morgan fingerprint density at radius 1 is 1.57 bits per heavy atom. The van der Waals surface area contributed by atoms with E-state index in [1.165, 1.54) is 0 Å². The molecule has 2 rings (SSSR count). The molecule has 2 aromatic rings. The van der Waals surface area contributed by atoms with E-state index in [4.69, 9.17) is 0 Å². The van der Waals surface area contributed by atoms with Crippen LogP contribution in [0.25, 0.3) is 11.0 Å². The topological polar surface area (TPSA) is 53.6 Å². The first-order valence-electron chi connectivity index (χ1n) is 4.48. The van der Waals surface area contributed by atoms with E-state index < -0.39 is 0 Å². The van der Waals surface area contributed by atoms with Gasteiger partial charge >= 0.3 is 0 Å². The molecule has 2 heterocycles. The minimum absolute atomic E-state index is 0.699. The van der Waals surface area contributed by atoms with Gasteiger partial charge in [0.25, 0.3) is 0 Å². The summed E-state index contributed by atoms with van der Waals surface area (Å²) in [4.78, 5) is 11.7. The van der Waals surface area contributed by atoms with Crippen LogP contribution in [-0.2, 0) is 0 Å². The molecule has 4 heteroatoms. The van der Waals surface area contributed by atoms with Crippen molar-refractivity contribution in [3.05, 3.63) is 30.7 Å². The van der Waals surface area contributed by atoms with Crippen LogP contribution in [0.4, 0.5) is 5.82 Å². The summed E-state index contributed by atoms with van der Waals surface area (Å²) in [6, 6.07) is 1.93. The first-order chi connectivity index (χ1) is 6.81. The predicted octanol–water partition coefficient (Wildman–Crippen LogP) is 1.86. The summed E-state index contributed by atoms with van der Waals surface area (Å²) in [7, 11) is 0. The lowest BCUT2D eigenvalue weighted by Crippen LogP contribution is -2.03. The van der Waals surface area contributed by atoms with Gasteiger partial charge in [-0.15, -0.1) is 6.58 Å². The van der Waals surface area contributed by atoms with E-state index >= 15 is 0 Å². The van der Waals surface area contributed by atoms with Crippen LogP contribution >= 0.6 is 0 Å². The molecule has 0 saturated heterocycles. The molecule has 0 bridgehead atoms. The fraction of sp³-hybridized carbons (Fsp3) is 0.200. The largest absolute Gasteiger partial charge is 0.365 e. The number of anilines is 1. The van der Waals surface area contributed by atoms with Crippen LogP contribution in [0.15, 0.2) is 24.9 Å². The van der Waals surface area contributed by atoms with Crippen molar-refractivity contribution in [3.8, 4) is 0 Å². The number of aromatic nitrogens is 3. The van der Waals surface area contributed by atoms with E-state index in [-0.39, 0.29) is 0 Å². The summed E-state index contributed by atoms with van der Waals surface area (Å²) in [5, 5.41) is 3.16. The Hall–Kier alpha value is -1.84. The van der Waals surface area contributed by atoms with Crippen LogP contribution in [0.3, 0.4) is 0 Å². The Kier molecular flexibility index (Phi) is 2.18. The number of rotatable bonds is 3. The second-order valence-electron chi connectivity index (χ2n) is 3.03. The van der Waals surface area contributed by atoms with Crippen LogP contribution < -0.4 is 5.32 Å². The highest BCUT2D eigenvalue weighted by molar-refractivity contribution is 5.85. The van der Waals surface area contributed by atoms with Crippen LogP contribution in [0.1, 0.15) is 5.82 Å². The van der Waals surface area contributed by atoms with Crippen molar-refractivity contribution in [2.24, 2.45) is 0 Å². The summed E-state index contributed by atoms with van der Waals surface area (Å²) >= 11 is 0. The lowest BCUT2D eigenvalue weighted by atomic mass is 10.4. The number of nitrogens with zero attached hydrogens (tertiary/aromatic N) is 2. The zero-order valence-electron chi connectivity index (χ0n) is 8.04. The van der Waals surface area contributed by atoms with Gasteiger partial charge < -0.3 is 10.3 Å². The lowest BCUT2D eigenvalue weighted by molar-refractivity contribution is 1.08. The minimum atomic E-state index is 0.699. The zero-order valence-corrected chi connectivity index (χ0v) is 8.04. The fourth-order valence-electron chi connectivity index (χ4n) is 1.36. The number of fused-ring (bicyclic) bond motifs is 1. The molecular formula is C10H12N4. The average Bonchev–Trinajstić information content (AvgIpc) is 2.61. The van der Waals surface area contributed by atoms with E-state index in [1.54, 1.807) is 6.08 Å². The molecule has 0 aliphatic carbocycles. The second kappa shape index (κ2) is 3.49. The summed E-state index contributed by atoms with van der Waals surface area (Å²) < 4.78 is 0. The van der Waals surface area contributed by atoms with Gasteiger partial charge in [0.05, 0.1) is 5.52 Å². The van der Waals surface area contributed by atoms with E-state index in [0.717, 1.165) is 22.7 Å². The highest BCUT2D eigenvalue weighted by Crippen LogP contribution is 2.17. The highest BCUT2D eigenvalue weighted by Gasteiger charge is 2.04. The first kappa shape index (κ1) is 8.74. The van der Waals surface area contributed by atoms with Crippen molar-refractivity contribution in [1.29, 1.82) is 0 Å². The lowest BCUT2D eigenvalue weighted by Gasteiger charge is -2.04. The van der Waals surface area contributed by atoms with Gasteiger partial charge in [0.2, 0.25) is 0 Å².